The van der Waals surface area contributed by atoms with Crippen molar-refractivity contribution in [2.24, 2.45) is 0 Å². The number of halogens is 2. The molecule has 0 saturated carbocycles. The first-order valence-corrected chi connectivity index (χ1v) is 7.75. The Morgan fingerprint density at radius 1 is 1.17 bits per heavy atom. The van der Waals surface area contributed by atoms with E-state index in [0.29, 0.717) is 0 Å². The van der Waals surface area contributed by atoms with Gasteiger partial charge in [0.05, 0.1) is 0 Å². The van der Waals surface area contributed by atoms with E-state index >= 15 is 0 Å². The van der Waals surface area contributed by atoms with Crippen molar-refractivity contribution < 1.29 is 46.5 Å². The van der Waals surface area contributed by atoms with Gasteiger partial charge < -0.3 is 30.5 Å². The fraction of sp³-hybridized carbons (Fsp3) is 0.692. The molecular weight excluding hydrogens is 317 g/mol. The average Bonchev–Trinajstić information content (AvgIpc) is 2.34. The van der Waals surface area contributed by atoms with Crippen molar-refractivity contribution in [3.8, 4) is 0 Å². The first-order chi connectivity index (χ1) is 6.72. The van der Waals surface area contributed by atoms with E-state index in [4.69, 9.17) is 5.73 Å². The molecule has 0 fully saturated rings. The zero-order chi connectivity index (χ0) is 12.5. The van der Waals surface area contributed by atoms with Crippen molar-refractivity contribution in [2.75, 3.05) is 0 Å². The molecule has 0 atom stereocenters. The summed E-state index contributed by atoms with van der Waals surface area (Å²) in [5, 5.41) is 0. The maximum atomic E-state index is 6.94. The molecule has 0 saturated heterocycles. The molecule has 1 aliphatic carbocycles. The monoisotopic (exact) mass is 342 g/mol. The summed E-state index contributed by atoms with van der Waals surface area (Å²) < 4.78 is 0. The number of hydrogen-bond acceptors (Lipinski definition) is 0. The average molecular weight is 343 g/mol. The summed E-state index contributed by atoms with van der Waals surface area (Å²) in [4.78, 5) is 0. The Balaban J connectivity index is -0.0000000467. The molecule has 5 heteroatoms. The third-order valence-electron chi connectivity index (χ3n) is 1.36. The predicted octanol–water partition coefficient (Wildman–Crippen LogP) is -1.55. The van der Waals surface area contributed by atoms with Gasteiger partial charge in [-0.15, -0.1) is 18.9 Å². The molecule has 105 valence electrons. The molecule has 0 aliphatic heterocycles. The van der Waals surface area contributed by atoms with Crippen molar-refractivity contribution in [1.82, 2.24) is 0 Å². The van der Waals surface area contributed by atoms with Crippen LogP contribution in [0.1, 0.15) is 41.0 Å². The molecule has 0 bridgehead atoms. The van der Waals surface area contributed by atoms with E-state index < -0.39 is 0 Å². The SMILES string of the molecule is CC(C)(C)[NH-].CC1=C(C)C[C-]=C1.C[SiH]C.[Cl-].[Cl-].[Ti+4]. The van der Waals surface area contributed by atoms with Crippen molar-refractivity contribution in [3.05, 3.63) is 29.0 Å². The maximum absolute atomic E-state index is 6.94. The molecule has 0 spiro atoms. The molecule has 0 amide bonds. The van der Waals surface area contributed by atoms with Crippen molar-refractivity contribution in [3.63, 3.8) is 0 Å². The summed E-state index contributed by atoms with van der Waals surface area (Å²) in [6.45, 7) is 14.2. The first-order valence-electron chi connectivity index (χ1n) is 5.44. The Kier molecular flexibility index (Phi) is 31.3. The van der Waals surface area contributed by atoms with Crippen LogP contribution in [0.2, 0.25) is 13.1 Å². The molecule has 1 aliphatic rings. The number of rotatable bonds is 0. The molecular formula is C13H26Cl2NSiTi. The van der Waals surface area contributed by atoms with E-state index in [1.807, 2.05) is 20.8 Å². The number of nitrogens with one attached hydrogen (secondary N) is 1. The van der Waals surface area contributed by atoms with Gasteiger partial charge in [0.2, 0.25) is 0 Å². The zero-order valence-electron chi connectivity index (χ0n) is 12.6. The molecule has 0 aromatic rings. The fourth-order valence-corrected chi connectivity index (χ4v) is 0.620. The molecule has 0 unspecified atom stereocenters. The zero-order valence-corrected chi connectivity index (χ0v) is 16.8. The predicted molar refractivity (Wildman–Crippen MR) is 73.8 cm³/mol. The summed E-state index contributed by atoms with van der Waals surface area (Å²) in [5.41, 5.74) is 9.53. The van der Waals surface area contributed by atoms with Crippen LogP contribution in [-0.2, 0) is 21.7 Å². The molecule has 1 N–H and O–H groups in total. The largest absolute Gasteiger partial charge is 4.00 e. The third kappa shape index (κ3) is 36.0. The summed E-state index contributed by atoms with van der Waals surface area (Å²) in [7, 11) is 0.750. The van der Waals surface area contributed by atoms with Gasteiger partial charge >= 0.3 is 21.7 Å². The standard InChI is InChI=1S/C7H9.C4H10N.C2H7Si.2ClH.Ti/c1-6-4-3-5-7(6)2;1-4(2,3)5;1-3-2;;;/h4H,5H2,1-2H3;5H,1-3H3;3H,1-2H3;2*1H;/q2*-1;;;;+4/p-2. The topological polar surface area (TPSA) is 23.8 Å². The van der Waals surface area contributed by atoms with Crippen LogP contribution >= 0.6 is 0 Å². The molecule has 1 nitrogen and oxygen atoms in total. The van der Waals surface area contributed by atoms with Crippen LogP contribution in [0.15, 0.2) is 17.2 Å². The third-order valence-corrected chi connectivity index (χ3v) is 1.36. The van der Waals surface area contributed by atoms with E-state index in [1.54, 1.807) is 0 Å². The number of hydrogen-bond donors (Lipinski definition) is 0. The Hall–Kier alpha value is 0.951. The van der Waals surface area contributed by atoms with Gasteiger partial charge in [0.1, 0.15) is 0 Å². The molecule has 0 heterocycles. The van der Waals surface area contributed by atoms with Crippen LogP contribution in [0.5, 0.6) is 0 Å². The fourth-order valence-electron chi connectivity index (χ4n) is 0.620. The second kappa shape index (κ2) is 18.0. The first kappa shape index (κ1) is 31.4. The van der Waals surface area contributed by atoms with E-state index in [0.717, 1.165) is 15.9 Å². The molecule has 0 aromatic carbocycles. The Labute approximate surface area is 144 Å². The van der Waals surface area contributed by atoms with Crippen molar-refractivity contribution in [1.29, 1.82) is 0 Å². The van der Waals surface area contributed by atoms with Gasteiger partial charge in [0.25, 0.3) is 0 Å². The normalized spacial score (nSPS) is 11.8. The van der Waals surface area contributed by atoms with Crippen LogP contribution in [-0.4, -0.2) is 15.1 Å². The van der Waals surface area contributed by atoms with Crippen LogP contribution in [0, 0.1) is 6.08 Å². The summed E-state index contributed by atoms with van der Waals surface area (Å²) in [6.07, 6.45) is 6.22. The minimum absolute atomic E-state index is 0. The summed E-state index contributed by atoms with van der Waals surface area (Å²) in [6, 6.07) is 0. The second-order valence-electron chi connectivity index (χ2n) is 4.82. The molecule has 0 aromatic heterocycles. The van der Waals surface area contributed by atoms with E-state index in [1.165, 1.54) is 11.1 Å². The van der Waals surface area contributed by atoms with Gasteiger partial charge in [-0.3, -0.25) is 6.08 Å². The van der Waals surface area contributed by atoms with E-state index in [2.05, 4.69) is 39.1 Å². The van der Waals surface area contributed by atoms with Gasteiger partial charge in [-0.25, -0.2) is 11.6 Å². The smallest absolute Gasteiger partial charge is 1.00 e. The van der Waals surface area contributed by atoms with Gasteiger partial charge in [-0.1, -0.05) is 40.8 Å². The number of allylic oxidation sites excluding steroid dienone is 4. The van der Waals surface area contributed by atoms with Gasteiger partial charge in [-0.05, 0) is 0 Å². The Morgan fingerprint density at radius 3 is 1.50 bits per heavy atom. The summed E-state index contributed by atoms with van der Waals surface area (Å²) >= 11 is 0. The Bertz CT molecular complexity index is 218. The van der Waals surface area contributed by atoms with E-state index in [9.17, 15) is 0 Å². The second-order valence-corrected chi connectivity index (χ2v) is 5.97. The van der Waals surface area contributed by atoms with E-state index in [-0.39, 0.29) is 52.1 Å². The summed E-state index contributed by atoms with van der Waals surface area (Å²) in [5.74, 6) is 0. The molecule has 18 heavy (non-hydrogen) atoms. The van der Waals surface area contributed by atoms with Crippen LogP contribution in [0.3, 0.4) is 0 Å². The van der Waals surface area contributed by atoms with Crippen LogP contribution in [0.25, 0.3) is 5.73 Å². The molecule has 1 rings (SSSR count). The maximum Gasteiger partial charge on any atom is 4.00 e. The van der Waals surface area contributed by atoms with Crippen molar-refractivity contribution >= 4 is 9.52 Å². The van der Waals surface area contributed by atoms with Crippen LogP contribution < -0.4 is 24.8 Å². The van der Waals surface area contributed by atoms with Gasteiger partial charge in [0.15, 0.2) is 0 Å². The minimum atomic E-state index is -0.250. The van der Waals surface area contributed by atoms with Gasteiger partial charge in [-0.2, -0.15) is 5.57 Å². The minimum Gasteiger partial charge on any atom is -1.00 e. The van der Waals surface area contributed by atoms with Crippen LogP contribution in [0.4, 0.5) is 0 Å². The van der Waals surface area contributed by atoms with Crippen molar-refractivity contribution in [2.45, 2.75) is 59.7 Å². The molecule has 1 radical (unpaired) electrons. The van der Waals surface area contributed by atoms with Gasteiger partial charge in [0, 0.05) is 9.52 Å². The quantitative estimate of drug-likeness (QED) is 0.376. The Morgan fingerprint density at radius 2 is 1.44 bits per heavy atom.